The van der Waals surface area contributed by atoms with Crippen LogP contribution >= 0.6 is 0 Å². The van der Waals surface area contributed by atoms with Crippen LogP contribution < -0.4 is 4.90 Å². The van der Waals surface area contributed by atoms with E-state index in [1.54, 1.807) is 0 Å². The molecule has 1 aliphatic carbocycles. The molecule has 0 spiro atoms. The van der Waals surface area contributed by atoms with E-state index in [-0.39, 0.29) is 11.5 Å². The van der Waals surface area contributed by atoms with Gasteiger partial charge in [0.2, 0.25) is 5.69 Å². The van der Waals surface area contributed by atoms with Crippen LogP contribution in [0.15, 0.2) is 95.4 Å². The lowest BCUT2D eigenvalue weighted by Gasteiger charge is -2.33. The van der Waals surface area contributed by atoms with Gasteiger partial charge in [-0.25, -0.2) is 4.79 Å². The van der Waals surface area contributed by atoms with Gasteiger partial charge < -0.3 is 19.4 Å². The Labute approximate surface area is 307 Å². The maximum absolute atomic E-state index is 13.3. The molecule has 0 N–H and O–H groups in total. The zero-order valence-corrected chi connectivity index (χ0v) is 32.6. The predicted molar refractivity (Wildman–Crippen MR) is 213 cm³/mol. The van der Waals surface area contributed by atoms with Crippen molar-refractivity contribution in [3.05, 3.63) is 107 Å². The van der Waals surface area contributed by atoms with Crippen molar-refractivity contribution in [2.45, 2.75) is 97.5 Å². The van der Waals surface area contributed by atoms with Gasteiger partial charge in [0.15, 0.2) is 5.71 Å². The molecule has 6 nitrogen and oxygen atoms in total. The summed E-state index contributed by atoms with van der Waals surface area (Å²) in [5.41, 5.74) is 11.2. The van der Waals surface area contributed by atoms with Gasteiger partial charge in [0, 0.05) is 80.4 Å². The molecule has 1 unspecified atom stereocenters. The Morgan fingerprint density at radius 2 is 1.78 bits per heavy atom. The van der Waals surface area contributed by atoms with Crippen LogP contribution in [0.25, 0.3) is 0 Å². The van der Waals surface area contributed by atoms with Crippen LogP contribution in [0.3, 0.4) is 0 Å². The van der Waals surface area contributed by atoms with Gasteiger partial charge in [-0.2, -0.15) is 4.58 Å². The lowest BCUT2D eigenvalue weighted by molar-refractivity contribution is -0.432. The van der Waals surface area contributed by atoms with Crippen LogP contribution in [0.1, 0.15) is 97.6 Å². The molecule has 5 rings (SSSR count). The molecule has 270 valence electrons. The van der Waals surface area contributed by atoms with Crippen molar-refractivity contribution in [2.75, 3.05) is 45.2 Å². The summed E-state index contributed by atoms with van der Waals surface area (Å²) < 4.78 is 8.27. The molecule has 0 fully saturated rings. The molecule has 0 aromatic heterocycles. The van der Waals surface area contributed by atoms with Crippen molar-refractivity contribution in [3.63, 3.8) is 0 Å². The molecule has 2 aliphatic heterocycles. The van der Waals surface area contributed by atoms with E-state index < -0.39 is 5.60 Å². The maximum Gasteiger partial charge on any atom is 0.410 e. The number of nitrogens with zero attached hydrogens (tertiary/aromatic N) is 4. The van der Waals surface area contributed by atoms with Crippen LogP contribution in [-0.4, -0.2) is 72.1 Å². The van der Waals surface area contributed by atoms with Crippen LogP contribution in [0.2, 0.25) is 0 Å². The smallest absolute Gasteiger partial charge is 0.410 e. The van der Waals surface area contributed by atoms with Crippen molar-refractivity contribution in [1.29, 1.82) is 0 Å². The second-order valence-corrected chi connectivity index (χ2v) is 15.7. The number of terminal acetylenes is 1. The number of para-hydroxylation sites is 2. The number of anilines is 1. The van der Waals surface area contributed by atoms with Gasteiger partial charge in [-0.3, -0.25) is 0 Å². The molecule has 0 radical (unpaired) electrons. The molecule has 1 amide bonds. The molecule has 2 aromatic carbocycles. The van der Waals surface area contributed by atoms with E-state index in [1.807, 2.05) is 25.7 Å². The number of amides is 1. The number of hydrogen-bond donors (Lipinski definition) is 0. The summed E-state index contributed by atoms with van der Waals surface area (Å²) in [4.78, 5) is 19.8. The van der Waals surface area contributed by atoms with E-state index in [1.165, 1.54) is 50.8 Å². The van der Waals surface area contributed by atoms with Crippen LogP contribution in [0.4, 0.5) is 16.2 Å². The van der Waals surface area contributed by atoms with Crippen molar-refractivity contribution in [2.24, 2.45) is 0 Å². The molecule has 1 atom stereocenters. The Bertz CT molecular complexity index is 1810. The zero-order chi connectivity index (χ0) is 36.9. The van der Waals surface area contributed by atoms with E-state index in [0.717, 1.165) is 32.2 Å². The standard InChI is InChI=1S/C45H59N4O2/c1-11-13-18-30-48(43(50)51-44(4,5)6)32-31-46(9)42-34(26-28-38-33(3)36-22-14-16-24-39(36)49(38)12-2)20-19-21-35(42)27-29-41-45(7,8)37-23-15-17-25-40(37)47(41)10/h1,14-17,22-29,33H,12-13,18-21,30-32H2,2-10H3/q+1. The second-order valence-electron chi connectivity index (χ2n) is 15.7. The van der Waals surface area contributed by atoms with Gasteiger partial charge in [0.05, 0.1) is 5.92 Å². The summed E-state index contributed by atoms with van der Waals surface area (Å²) in [6.45, 7) is 17.6. The van der Waals surface area contributed by atoms with Crippen LogP contribution in [0, 0.1) is 12.3 Å². The molecule has 0 saturated heterocycles. The molecule has 3 aliphatic rings. The Kier molecular flexibility index (Phi) is 11.7. The highest BCUT2D eigenvalue weighted by atomic mass is 16.6. The average molecular weight is 688 g/mol. The number of carbonyl (C=O) groups excluding carboxylic acids is 1. The molecular weight excluding hydrogens is 629 g/mol. The highest BCUT2D eigenvalue weighted by molar-refractivity contribution is 6.00. The molecule has 2 heterocycles. The van der Waals surface area contributed by atoms with E-state index in [0.29, 0.717) is 32.0 Å². The molecule has 51 heavy (non-hydrogen) atoms. The first-order valence-corrected chi connectivity index (χ1v) is 18.8. The van der Waals surface area contributed by atoms with E-state index >= 15 is 0 Å². The summed E-state index contributed by atoms with van der Waals surface area (Å²) >= 11 is 0. The monoisotopic (exact) mass is 687 g/mol. The van der Waals surface area contributed by atoms with Crippen molar-refractivity contribution < 1.29 is 14.1 Å². The van der Waals surface area contributed by atoms with Gasteiger partial charge in [0.1, 0.15) is 12.1 Å². The van der Waals surface area contributed by atoms with Gasteiger partial charge >= 0.3 is 6.09 Å². The molecular formula is C45H59N4O2+. The number of benzene rings is 2. The highest BCUT2D eigenvalue weighted by Crippen LogP contribution is 2.47. The minimum atomic E-state index is -0.567. The lowest BCUT2D eigenvalue weighted by Crippen LogP contribution is -2.41. The molecule has 0 bridgehead atoms. The first-order valence-electron chi connectivity index (χ1n) is 18.8. The number of likely N-dealkylation sites (N-methyl/N-ethyl adjacent to an activating group) is 2. The minimum Gasteiger partial charge on any atom is -0.444 e. The lowest BCUT2D eigenvalue weighted by atomic mass is 9.83. The Morgan fingerprint density at radius 3 is 2.49 bits per heavy atom. The fourth-order valence-electron chi connectivity index (χ4n) is 7.99. The SMILES string of the molecule is C#CCCCN(CCN(C)C1=C(/C=C/C2=[N+](CC)c3ccccc3C2C)CCC/C1=C\C=C1\N(C)c2ccccc2C1(C)C)C(=O)OC(C)(C)C. The number of carbonyl (C=O) groups is 1. The number of fused-ring (bicyclic) bond motifs is 2. The zero-order valence-electron chi connectivity index (χ0n) is 32.6. The number of hydrogen-bond acceptors (Lipinski definition) is 4. The summed E-state index contributed by atoms with van der Waals surface area (Å²) in [6.07, 6.45) is 19.2. The first-order chi connectivity index (χ1) is 24.3. The normalized spacial score (nSPS) is 19.9. The van der Waals surface area contributed by atoms with Crippen LogP contribution in [0.5, 0.6) is 0 Å². The quantitative estimate of drug-likeness (QED) is 0.134. The number of unbranched alkanes of at least 4 members (excludes halogenated alkanes) is 1. The van der Waals surface area contributed by atoms with Crippen molar-refractivity contribution in [1.82, 2.24) is 9.80 Å². The Morgan fingerprint density at radius 1 is 1.06 bits per heavy atom. The maximum atomic E-state index is 13.3. The minimum absolute atomic E-state index is 0.101. The summed E-state index contributed by atoms with van der Waals surface area (Å²) in [6, 6.07) is 17.5. The van der Waals surface area contributed by atoms with Gasteiger partial charge in [-0.15, -0.1) is 12.3 Å². The third-order valence-corrected chi connectivity index (χ3v) is 10.6. The summed E-state index contributed by atoms with van der Waals surface area (Å²) in [5.74, 6) is 3.05. The van der Waals surface area contributed by atoms with E-state index in [2.05, 4.69) is 135 Å². The first kappa shape index (κ1) is 37.7. The van der Waals surface area contributed by atoms with Crippen LogP contribution in [-0.2, 0) is 10.2 Å². The molecule has 2 aromatic rings. The predicted octanol–water partition coefficient (Wildman–Crippen LogP) is 9.72. The number of rotatable bonds is 11. The fourth-order valence-corrected chi connectivity index (χ4v) is 7.99. The second kappa shape index (κ2) is 15.8. The summed E-state index contributed by atoms with van der Waals surface area (Å²) in [7, 11) is 4.35. The topological polar surface area (TPSA) is 39.0 Å². The fraction of sp³-hybridized carbons (Fsp3) is 0.467. The Hall–Kier alpha value is -4.50. The van der Waals surface area contributed by atoms with Crippen molar-refractivity contribution >= 4 is 23.2 Å². The number of allylic oxidation sites excluding steroid dienone is 7. The average Bonchev–Trinajstić information content (AvgIpc) is 3.48. The summed E-state index contributed by atoms with van der Waals surface area (Å²) in [5, 5.41) is 0. The third kappa shape index (κ3) is 8.19. The van der Waals surface area contributed by atoms with Gasteiger partial charge in [-0.05, 0) is 89.2 Å². The van der Waals surface area contributed by atoms with Gasteiger partial charge in [-0.1, -0.05) is 62.4 Å². The van der Waals surface area contributed by atoms with Crippen molar-refractivity contribution in [3.8, 4) is 12.3 Å². The van der Waals surface area contributed by atoms with E-state index in [4.69, 9.17) is 11.2 Å². The molecule has 6 heteroatoms. The highest BCUT2D eigenvalue weighted by Gasteiger charge is 2.38. The van der Waals surface area contributed by atoms with Gasteiger partial charge in [0.25, 0.3) is 0 Å². The molecule has 0 saturated carbocycles. The number of ether oxygens (including phenoxy) is 1. The Balaban J connectivity index is 1.52. The third-order valence-electron chi connectivity index (χ3n) is 10.6. The largest absolute Gasteiger partial charge is 0.444 e. The van der Waals surface area contributed by atoms with E-state index in [9.17, 15) is 4.79 Å².